The summed E-state index contributed by atoms with van der Waals surface area (Å²) in [6.07, 6.45) is 0. The highest BCUT2D eigenvalue weighted by atomic mass is 15.1. The third kappa shape index (κ3) is 6.55. The second-order valence-corrected chi connectivity index (χ2v) is 18.8. The van der Waals surface area contributed by atoms with Crippen LogP contribution in [0, 0.1) is 0 Å². The number of hydrogen-bond acceptors (Lipinski definition) is 1. The van der Waals surface area contributed by atoms with Crippen LogP contribution in [0.5, 0.6) is 0 Å². The van der Waals surface area contributed by atoms with Crippen molar-refractivity contribution in [1.82, 2.24) is 4.57 Å². The van der Waals surface area contributed by atoms with Crippen LogP contribution in [0.1, 0.15) is 25.0 Å². The van der Waals surface area contributed by atoms with Crippen molar-refractivity contribution in [3.63, 3.8) is 0 Å². The van der Waals surface area contributed by atoms with E-state index in [0.717, 1.165) is 33.9 Å². The highest BCUT2D eigenvalue weighted by Gasteiger charge is 2.36. The predicted molar refractivity (Wildman–Crippen MR) is 292 cm³/mol. The smallest absolute Gasteiger partial charge is 0.0547 e. The number of fused-ring (bicyclic) bond motifs is 7. The second-order valence-electron chi connectivity index (χ2n) is 18.8. The van der Waals surface area contributed by atoms with Gasteiger partial charge in [0.05, 0.1) is 16.7 Å². The number of aromatic nitrogens is 1. The predicted octanol–water partition coefficient (Wildman–Crippen LogP) is 18.4. The Morgan fingerprint density at radius 1 is 0.348 bits per heavy atom. The summed E-state index contributed by atoms with van der Waals surface area (Å²) in [5.41, 5.74) is 21.8. The van der Waals surface area contributed by atoms with Crippen molar-refractivity contribution in [2.75, 3.05) is 4.90 Å². The fourth-order valence-corrected chi connectivity index (χ4v) is 11.5. The average molecular weight is 881 g/mol. The molecule has 69 heavy (non-hydrogen) atoms. The van der Waals surface area contributed by atoms with Gasteiger partial charge in [-0.25, -0.2) is 0 Å². The minimum Gasteiger partial charge on any atom is -0.310 e. The normalized spacial score (nSPS) is 12.6. The molecule has 2 heteroatoms. The van der Waals surface area contributed by atoms with Gasteiger partial charge in [0.1, 0.15) is 0 Å². The molecule has 1 aliphatic rings. The van der Waals surface area contributed by atoms with Crippen molar-refractivity contribution in [2.24, 2.45) is 0 Å². The molecule has 0 spiro atoms. The van der Waals surface area contributed by atoms with Crippen LogP contribution in [0.15, 0.2) is 255 Å². The summed E-state index contributed by atoms with van der Waals surface area (Å²) in [6, 6.07) is 93.6. The Hall–Kier alpha value is -8.72. The van der Waals surface area contributed by atoms with Gasteiger partial charge in [0.25, 0.3) is 0 Å². The van der Waals surface area contributed by atoms with Crippen molar-refractivity contribution in [3.05, 3.63) is 266 Å². The zero-order valence-electron chi connectivity index (χ0n) is 38.6. The molecule has 12 aromatic rings. The summed E-state index contributed by atoms with van der Waals surface area (Å²) in [7, 11) is 0. The van der Waals surface area contributed by atoms with Crippen LogP contribution in [0.3, 0.4) is 0 Å². The van der Waals surface area contributed by atoms with Crippen molar-refractivity contribution in [1.29, 1.82) is 0 Å². The summed E-state index contributed by atoms with van der Waals surface area (Å²) in [5.74, 6) is 0. The fourth-order valence-electron chi connectivity index (χ4n) is 11.5. The van der Waals surface area contributed by atoms with E-state index in [1.54, 1.807) is 0 Å². The van der Waals surface area contributed by atoms with E-state index in [2.05, 4.69) is 278 Å². The van der Waals surface area contributed by atoms with E-state index in [0.29, 0.717) is 0 Å². The Kier molecular flexibility index (Phi) is 9.55. The first-order valence-corrected chi connectivity index (χ1v) is 24.0. The van der Waals surface area contributed by atoms with E-state index >= 15 is 0 Å². The van der Waals surface area contributed by atoms with E-state index in [9.17, 15) is 0 Å². The highest BCUT2D eigenvalue weighted by molar-refractivity contribution is 6.16. The first kappa shape index (κ1) is 40.5. The van der Waals surface area contributed by atoms with Crippen LogP contribution in [0.25, 0.3) is 93.9 Å². The average Bonchev–Trinajstić information content (AvgIpc) is 3.88. The molecule has 0 atom stereocenters. The SMILES string of the molecule is CC1(C)c2ccccc2-c2c(-c3ccc(N(c4cccc(-c5cccc6c5c5ccccc5n6-c5ccccc5)c4)c4ccccc4-c4cccc5cccc(-c6ccccc6)c45)cc3)cccc21. The van der Waals surface area contributed by atoms with Gasteiger partial charge in [-0.2, -0.15) is 0 Å². The van der Waals surface area contributed by atoms with E-state index < -0.39 is 0 Å². The van der Waals surface area contributed by atoms with E-state index in [-0.39, 0.29) is 5.41 Å². The number of benzene rings is 11. The molecule has 0 aliphatic heterocycles. The zero-order chi connectivity index (χ0) is 46.1. The Morgan fingerprint density at radius 3 is 1.71 bits per heavy atom. The molecule has 0 amide bonds. The Morgan fingerprint density at radius 2 is 0.899 bits per heavy atom. The van der Waals surface area contributed by atoms with Crippen molar-refractivity contribution in [3.8, 4) is 61.3 Å². The molecule has 1 aliphatic carbocycles. The van der Waals surface area contributed by atoms with Gasteiger partial charge in [0, 0.05) is 38.8 Å². The second kappa shape index (κ2) is 16.3. The third-order valence-electron chi connectivity index (χ3n) is 14.6. The van der Waals surface area contributed by atoms with Gasteiger partial charge >= 0.3 is 0 Å². The molecule has 0 saturated carbocycles. The number of para-hydroxylation sites is 3. The van der Waals surface area contributed by atoms with Crippen LogP contribution in [0.2, 0.25) is 0 Å². The molecule has 0 fully saturated rings. The van der Waals surface area contributed by atoms with Crippen molar-refractivity contribution < 1.29 is 0 Å². The molecular weight excluding hydrogens is 833 g/mol. The van der Waals surface area contributed by atoms with Crippen LogP contribution in [-0.2, 0) is 5.41 Å². The van der Waals surface area contributed by atoms with Crippen molar-refractivity contribution in [2.45, 2.75) is 19.3 Å². The maximum absolute atomic E-state index is 2.47. The third-order valence-corrected chi connectivity index (χ3v) is 14.6. The number of nitrogens with zero attached hydrogens (tertiary/aromatic N) is 2. The largest absolute Gasteiger partial charge is 0.310 e. The maximum atomic E-state index is 2.47. The van der Waals surface area contributed by atoms with Gasteiger partial charge in [0.2, 0.25) is 0 Å². The molecule has 0 N–H and O–H groups in total. The van der Waals surface area contributed by atoms with E-state index in [1.165, 1.54) is 88.2 Å². The number of hydrogen-bond donors (Lipinski definition) is 0. The highest BCUT2D eigenvalue weighted by Crippen LogP contribution is 2.53. The number of rotatable bonds is 8. The Labute approximate surface area is 403 Å². The lowest BCUT2D eigenvalue weighted by atomic mass is 9.82. The molecular formula is C67H48N2. The summed E-state index contributed by atoms with van der Waals surface area (Å²) in [5, 5.41) is 4.93. The maximum Gasteiger partial charge on any atom is 0.0547 e. The Balaban J connectivity index is 1.02. The number of anilines is 3. The minimum atomic E-state index is -0.0732. The summed E-state index contributed by atoms with van der Waals surface area (Å²) < 4.78 is 2.40. The van der Waals surface area contributed by atoms with Crippen molar-refractivity contribution >= 4 is 49.6 Å². The van der Waals surface area contributed by atoms with Gasteiger partial charge in [-0.3, -0.25) is 0 Å². The summed E-state index contributed by atoms with van der Waals surface area (Å²) in [6.45, 7) is 4.71. The molecule has 0 unspecified atom stereocenters. The lowest BCUT2D eigenvalue weighted by Gasteiger charge is -2.29. The molecule has 0 bridgehead atoms. The van der Waals surface area contributed by atoms with Crippen LogP contribution < -0.4 is 4.90 Å². The summed E-state index contributed by atoms with van der Waals surface area (Å²) in [4.78, 5) is 2.47. The molecule has 0 radical (unpaired) electrons. The minimum absolute atomic E-state index is 0.0732. The monoisotopic (exact) mass is 880 g/mol. The standard InChI is InChI=1S/C67H48N2/c1-67(2)59-35-12-9-29-57(59)65-53(32-18-36-60(65)67)46-40-42-50(43-41-46)68(61-37-13-10-28-55(61)56-34-17-23-47-22-16-31-52(64(47)56)45-20-5-3-6-21-45)51-27-15-24-48(44-51)54-33-19-39-63-66(54)58-30-11-14-38-62(58)69(63)49-25-7-4-8-26-49/h3-44H,1-2H3. The molecule has 13 rings (SSSR count). The molecule has 1 aromatic heterocycles. The van der Waals surface area contributed by atoms with Crippen LogP contribution in [-0.4, -0.2) is 4.57 Å². The van der Waals surface area contributed by atoms with Crippen LogP contribution in [0.4, 0.5) is 17.1 Å². The molecule has 1 heterocycles. The van der Waals surface area contributed by atoms with Crippen LogP contribution >= 0.6 is 0 Å². The quantitative estimate of drug-likeness (QED) is 0.148. The Bertz CT molecular complexity index is 3910. The molecule has 0 saturated heterocycles. The van der Waals surface area contributed by atoms with E-state index in [1.807, 2.05) is 0 Å². The molecule has 326 valence electrons. The molecule has 11 aromatic carbocycles. The van der Waals surface area contributed by atoms with Gasteiger partial charge < -0.3 is 9.47 Å². The zero-order valence-corrected chi connectivity index (χ0v) is 38.6. The van der Waals surface area contributed by atoms with Gasteiger partial charge in [-0.1, -0.05) is 214 Å². The fraction of sp³-hybridized carbons (Fsp3) is 0.0448. The van der Waals surface area contributed by atoms with E-state index in [4.69, 9.17) is 0 Å². The van der Waals surface area contributed by atoms with Gasteiger partial charge in [-0.05, 0) is 127 Å². The van der Waals surface area contributed by atoms with Gasteiger partial charge in [-0.15, -0.1) is 0 Å². The first-order valence-electron chi connectivity index (χ1n) is 24.0. The van der Waals surface area contributed by atoms with Gasteiger partial charge in [0.15, 0.2) is 0 Å². The first-order chi connectivity index (χ1) is 34.0. The lowest BCUT2D eigenvalue weighted by Crippen LogP contribution is -2.14. The molecule has 2 nitrogen and oxygen atoms in total. The topological polar surface area (TPSA) is 8.17 Å². The lowest BCUT2D eigenvalue weighted by molar-refractivity contribution is 0.660. The summed E-state index contributed by atoms with van der Waals surface area (Å²) >= 11 is 0.